The number of amides is 1. The second-order valence-corrected chi connectivity index (χ2v) is 5.75. The van der Waals surface area contributed by atoms with Gasteiger partial charge in [0.25, 0.3) is 5.91 Å². The first kappa shape index (κ1) is 15.6. The molecule has 0 unspecified atom stereocenters. The number of ether oxygens (including phenoxy) is 1. The van der Waals surface area contributed by atoms with Gasteiger partial charge in [-0.25, -0.2) is 9.97 Å². The summed E-state index contributed by atoms with van der Waals surface area (Å²) >= 11 is 0. The minimum absolute atomic E-state index is 0.0588. The summed E-state index contributed by atoms with van der Waals surface area (Å²) in [6, 6.07) is 5.39. The van der Waals surface area contributed by atoms with E-state index in [4.69, 9.17) is 4.74 Å². The average Bonchev–Trinajstić information content (AvgIpc) is 3.03. The number of nitrogens with zero attached hydrogens (tertiary/aromatic N) is 4. The first-order valence-electron chi connectivity index (χ1n) is 7.84. The van der Waals surface area contributed by atoms with E-state index >= 15 is 0 Å². The van der Waals surface area contributed by atoms with Gasteiger partial charge in [0, 0.05) is 19.3 Å². The molecule has 1 saturated heterocycles. The van der Waals surface area contributed by atoms with E-state index < -0.39 is 0 Å². The van der Waals surface area contributed by atoms with Gasteiger partial charge in [-0.05, 0) is 38.3 Å². The van der Waals surface area contributed by atoms with Crippen molar-refractivity contribution in [3.05, 3.63) is 41.2 Å². The van der Waals surface area contributed by atoms with Crippen molar-refractivity contribution in [3.63, 3.8) is 0 Å². The topological polar surface area (TPSA) is 84.0 Å². The summed E-state index contributed by atoms with van der Waals surface area (Å²) in [4.78, 5) is 23.5. The number of rotatable bonds is 4. The van der Waals surface area contributed by atoms with Crippen LogP contribution in [0.1, 0.15) is 53.1 Å². The van der Waals surface area contributed by atoms with Gasteiger partial charge in [0.1, 0.15) is 12.3 Å². The normalized spacial score (nSPS) is 18.2. The standard InChI is InChI=1S/C16H21N5O2/c1-11-6-5-7-12(17-11)16(22)21-9-4-3-8-13(21)15-18-14(10-23-2)19-20-15/h5-7,13H,3-4,8-10H2,1-2H3,(H,18,19,20)/t13-/m0/s1. The molecule has 0 bridgehead atoms. The minimum atomic E-state index is -0.111. The van der Waals surface area contributed by atoms with Gasteiger partial charge in [-0.2, -0.15) is 5.10 Å². The Kier molecular flexibility index (Phi) is 4.66. The van der Waals surface area contributed by atoms with E-state index in [1.165, 1.54) is 0 Å². The molecular formula is C16H21N5O2. The molecule has 0 aliphatic carbocycles. The molecule has 3 heterocycles. The Hall–Kier alpha value is -2.28. The average molecular weight is 315 g/mol. The highest BCUT2D eigenvalue weighted by atomic mass is 16.5. The first-order valence-corrected chi connectivity index (χ1v) is 7.84. The zero-order valence-corrected chi connectivity index (χ0v) is 13.5. The summed E-state index contributed by atoms with van der Waals surface area (Å²) < 4.78 is 5.06. The Labute approximate surface area is 135 Å². The lowest BCUT2D eigenvalue weighted by Crippen LogP contribution is -2.39. The molecular weight excluding hydrogens is 294 g/mol. The molecule has 1 amide bonds. The van der Waals surface area contributed by atoms with Crippen molar-refractivity contribution in [1.82, 2.24) is 25.1 Å². The third-order valence-electron chi connectivity index (χ3n) is 4.00. The largest absolute Gasteiger partial charge is 0.377 e. The zero-order chi connectivity index (χ0) is 16.2. The molecule has 1 N–H and O–H groups in total. The number of piperidine rings is 1. The van der Waals surface area contributed by atoms with Crippen LogP contribution in [0.15, 0.2) is 18.2 Å². The maximum absolute atomic E-state index is 12.8. The summed E-state index contributed by atoms with van der Waals surface area (Å²) in [5, 5.41) is 7.14. The van der Waals surface area contributed by atoms with E-state index in [9.17, 15) is 4.79 Å². The Balaban J connectivity index is 1.84. The predicted octanol–water partition coefficient (Wildman–Crippen LogP) is 2.02. The molecule has 1 atom stereocenters. The summed E-state index contributed by atoms with van der Waals surface area (Å²) in [7, 11) is 1.61. The molecule has 122 valence electrons. The Morgan fingerprint density at radius 3 is 3.04 bits per heavy atom. The van der Waals surface area contributed by atoms with E-state index in [1.807, 2.05) is 24.0 Å². The Bertz CT molecular complexity index is 685. The molecule has 23 heavy (non-hydrogen) atoms. The first-order chi connectivity index (χ1) is 11.2. The molecule has 0 aromatic carbocycles. The van der Waals surface area contributed by atoms with Gasteiger partial charge in [0.05, 0.1) is 6.04 Å². The molecule has 1 aliphatic rings. The number of aromatic amines is 1. The lowest BCUT2D eigenvalue weighted by molar-refractivity contribution is 0.0593. The quantitative estimate of drug-likeness (QED) is 0.933. The van der Waals surface area contributed by atoms with Gasteiger partial charge in [0.15, 0.2) is 11.6 Å². The number of carbonyl (C=O) groups excluding carboxylic acids is 1. The molecule has 1 aliphatic heterocycles. The molecule has 0 saturated carbocycles. The minimum Gasteiger partial charge on any atom is -0.377 e. The highest BCUT2D eigenvalue weighted by Crippen LogP contribution is 2.30. The number of likely N-dealkylation sites (tertiary alicyclic amines) is 1. The maximum Gasteiger partial charge on any atom is 0.273 e. The van der Waals surface area contributed by atoms with Crippen molar-refractivity contribution >= 4 is 5.91 Å². The summed E-state index contributed by atoms with van der Waals surface area (Å²) in [6.45, 7) is 2.97. The molecule has 0 spiro atoms. The van der Waals surface area contributed by atoms with Gasteiger partial charge < -0.3 is 9.64 Å². The second-order valence-electron chi connectivity index (χ2n) is 5.75. The number of H-pyrrole nitrogens is 1. The summed E-state index contributed by atoms with van der Waals surface area (Å²) in [6.07, 6.45) is 2.91. The van der Waals surface area contributed by atoms with Gasteiger partial charge in [0.2, 0.25) is 0 Å². The van der Waals surface area contributed by atoms with Crippen LogP contribution in [0.2, 0.25) is 0 Å². The van der Waals surface area contributed by atoms with E-state index in [1.54, 1.807) is 13.2 Å². The molecule has 3 rings (SSSR count). The molecule has 2 aromatic rings. The van der Waals surface area contributed by atoms with Gasteiger partial charge in [-0.15, -0.1) is 0 Å². The highest BCUT2D eigenvalue weighted by Gasteiger charge is 2.32. The third kappa shape index (κ3) is 3.39. The van der Waals surface area contributed by atoms with Crippen LogP contribution in [0.25, 0.3) is 0 Å². The van der Waals surface area contributed by atoms with Gasteiger partial charge >= 0.3 is 0 Å². The van der Waals surface area contributed by atoms with Crippen molar-refractivity contribution in [2.75, 3.05) is 13.7 Å². The Morgan fingerprint density at radius 1 is 1.39 bits per heavy atom. The van der Waals surface area contributed by atoms with E-state index in [0.717, 1.165) is 25.0 Å². The number of aromatic nitrogens is 4. The van der Waals surface area contributed by atoms with Crippen molar-refractivity contribution < 1.29 is 9.53 Å². The monoisotopic (exact) mass is 315 g/mol. The molecule has 7 heteroatoms. The van der Waals surface area contributed by atoms with E-state index in [0.29, 0.717) is 30.5 Å². The van der Waals surface area contributed by atoms with Crippen LogP contribution in [0.3, 0.4) is 0 Å². The summed E-state index contributed by atoms with van der Waals surface area (Å²) in [5.41, 5.74) is 1.31. The SMILES string of the molecule is COCc1nc([C@@H]2CCCCN2C(=O)c2cccc(C)n2)n[nH]1. The number of methoxy groups -OCH3 is 1. The highest BCUT2D eigenvalue weighted by molar-refractivity contribution is 5.92. The van der Waals surface area contributed by atoms with Gasteiger partial charge in [-0.1, -0.05) is 6.07 Å². The zero-order valence-electron chi connectivity index (χ0n) is 13.5. The van der Waals surface area contributed by atoms with Crippen molar-refractivity contribution in [1.29, 1.82) is 0 Å². The number of carbonyl (C=O) groups is 1. The van der Waals surface area contributed by atoms with Crippen LogP contribution in [-0.2, 0) is 11.3 Å². The van der Waals surface area contributed by atoms with E-state index in [2.05, 4.69) is 20.2 Å². The second kappa shape index (κ2) is 6.87. The summed E-state index contributed by atoms with van der Waals surface area (Å²) in [5.74, 6) is 1.27. The fourth-order valence-corrected chi connectivity index (χ4v) is 2.91. The number of hydrogen-bond donors (Lipinski definition) is 1. The van der Waals surface area contributed by atoms with Crippen LogP contribution in [0.4, 0.5) is 0 Å². The van der Waals surface area contributed by atoms with Crippen LogP contribution >= 0.6 is 0 Å². The van der Waals surface area contributed by atoms with E-state index in [-0.39, 0.29) is 11.9 Å². The van der Waals surface area contributed by atoms with Crippen LogP contribution in [-0.4, -0.2) is 44.6 Å². The van der Waals surface area contributed by atoms with Crippen LogP contribution < -0.4 is 0 Å². The fourth-order valence-electron chi connectivity index (χ4n) is 2.91. The van der Waals surface area contributed by atoms with Crippen LogP contribution in [0.5, 0.6) is 0 Å². The van der Waals surface area contributed by atoms with Crippen molar-refractivity contribution in [3.8, 4) is 0 Å². The number of pyridine rings is 1. The molecule has 0 radical (unpaired) electrons. The van der Waals surface area contributed by atoms with Crippen LogP contribution in [0, 0.1) is 6.92 Å². The predicted molar refractivity (Wildman–Crippen MR) is 83.7 cm³/mol. The molecule has 1 fully saturated rings. The third-order valence-corrected chi connectivity index (χ3v) is 4.00. The van der Waals surface area contributed by atoms with Crippen molar-refractivity contribution in [2.24, 2.45) is 0 Å². The maximum atomic E-state index is 12.8. The Morgan fingerprint density at radius 2 is 2.26 bits per heavy atom. The van der Waals surface area contributed by atoms with Crippen molar-refractivity contribution in [2.45, 2.75) is 38.8 Å². The number of nitrogens with one attached hydrogen (secondary N) is 1. The number of aryl methyl sites for hydroxylation is 1. The lowest BCUT2D eigenvalue weighted by Gasteiger charge is -2.33. The molecule has 7 nitrogen and oxygen atoms in total. The number of hydrogen-bond acceptors (Lipinski definition) is 5. The van der Waals surface area contributed by atoms with Gasteiger partial charge in [-0.3, -0.25) is 9.89 Å². The molecule has 2 aromatic heterocycles. The lowest BCUT2D eigenvalue weighted by atomic mass is 10.0. The smallest absolute Gasteiger partial charge is 0.273 e. The fraction of sp³-hybridized carbons (Fsp3) is 0.500.